The maximum Gasteiger partial charge on any atom is 0.159 e. The molecular formula is C24H41NO2. The Balaban J connectivity index is 2.06. The van der Waals surface area contributed by atoms with Crippen LogP contribution in [0.15, 0.2) is 12.1 Å². The predicted octanol–water partition coefficient (Wildman–Crippen LogP) is 7.16. The molecule has 27 heavy (non-hydrogen) atoms. The third-order valence-electron chi connectivity index (χ3n) is 6.18. The van der Waals surface area contributed by atoms with Crippen molar-refractivity contribution in [2.45, 2.75) is 110 Å². The second-order valence-corrected chi connectivity index (χ2v) is 8.67. The van der Waals surface area contributed by atoms with Crippen LogP contribution in [-0.4, -0.2) is 16.3 Å². The van der Waals surface area contributed by atoms with Gasteiger partial charge in [-0.2, -0.15) is 0 Å². The molecule has 1 atom stereocenters. The highest BCUT2D eigenvalue weighted by atomic mass is 16.3. The van der Waals surface area contributed by atoms with Crippen LogP contribution in [0.5, 0.6) is 11.5 Å². The average molecular weight is 376 g/mol. The largest absolute Gasteiger partial charge is 0.504 e. The average Bonchev–Trinajstić information content (AvgIpc) is 2.67. The molecule has 0 aliphatic heterocycles. The van der Waals surface area contributed by atoms with Gasteiger partial charge in [0.25, 0.3) is 0 Å². The van der Waals surface area contributed by atoms with Gasteiger partial charge in [-0.15, -0.1) is 0 Å². The van der Waals surface area contributed by atoms with E-state index >= 15 is 0 Å². The topological polar surface area (TPSA) is 52.5 Å². The lowest BCUT2D eigenvalue weighted by atomic mass is 9.95. The number of hydrogen-bond acceptors (Lipinski definition) is 3. The number of aromatic hydroxyl groups is 2. The molecule has 0 bridgehead atoms. The van der Waals surface area contributed by atoms with Crippen molar-refractivity contribution in [1.82, 2.24) is 0 Å². The van der Waals surface area contributed by atoms with Gasteiger partial charge in [-0.05, 0) is 36.8 Å². The first-order valence-corrected chi connectivity index (χ1v) is 11.4. The van der Waals surface area contributed by atoms with Gasteiger partial charge in [0.05, 0.1) is 0 Å². The summed E-state index contributed by atoms with van der Waals surface area (Å²) in [7, 11) is 0. The lowest BCUT2D eigenvalue weighted by molar-refractivity contribution is 0.402. The number of phenols is 2. The van der Waals surface area contributed by atoms with Crippen LogP contribution >= 0.6 is 0 Å². The molecule has 0 radical (unpaired) electrons. The molecular weight excluding hydrogens is 334 g/mol. The van der Waals surface area contributed by atoms with Crippen molar-refractivity contribution < 1.29 is 10.2 Å². The van der Waals surface area contributed by atoms with Crippen molar-refractivity contribution in [3.8, 4) is 11.5 Å². The highest BCUT2D eigenvalue weighted by Gasteiger charge is 2.15. The highest BCUT2D eigenvalue weighted by molar-refractivity contribution is 5.60. The Hall–Kier alpha value is -1.38. The van der Waals surface area contributed by atoms with Crippen LogP contribution < -0.4 is 5.32 Å². The van der Waals surface area contributed by atoms with Gasteiger partial charge >= 0.3 is 0 Å². The molecule has 3 heteroatoms. The van der Waals surface area contributed by atoms with Gasteiger partial charge in [0.2, 0.25) is 0 Å². The fourth-order valence-electron chi connectivity index (χ4n) is 4.15. The maximum atomic E-state index is 10.0. The van der Waals surface area contributed by atoms with E-state index < -0.39 is 0 Å². The van der Waals surface area contributed by atoms with Crippen molar-refractivity contribution >= 4 is 5.69 Å². The molecule has 1 aromatic rings. The highest BCUT2D eigenvalue weighted by Crippen LogP contribution is 2.34. The monoisotopic (exact) mass is 375 g/mol. The van der Waals surface area contributed by atoms with Crippen LogP contribution in [0.3, 0.4) is 0 Å². The second-order valence-electron chi connectivity index (χ2n) is 8.67. The molecule has 0 heterocycles. The van der Waals surface area contributed by atoms with Crippen LogP contribution in [0, 0.1) is 5.92 Å². The van der Waals surface area contributed by atoms with Crippen molar-refractivity contribution in [2.24, 2.45) is 5.92 Å². The molecule has 0 aromatic heterocycles. The third kappa shape index (κ3) is 8.02. The summed E-state index contributed by atoms with van der Waals surface area (Å²) in [4.78, 5) is 0. The van der Waals surface area contributed by atoms with E-state index in [1.165, 1.54) is 77.0 Å². The zero-order valence-corrected chi connectivity index (χ0v) is 17.6. The van der Waals surface area contributed by atoms with Crippen molar-refractivity contribution in [3.63, 3.8) is 0 Å². The molecule has 3 nitrogen and oxygen atoms in total. The molecule has 1 aromatic carbocycles. The van der Waals surface area contributed by atoms with E-state index in [-0.39, 0.29) is 11.5 Å². The van der Waals surface area contributed by atoms with E-state index in [1.54, 1.807) is 12.1 Å². The van der Waals surface area contributed by atoms with E-state index in [9.17, 15) is 10.2 Å². The molecule has 0 saturated heterocycles. The minimum absolute atomic E-state index is 0.00575. The smallest absolute Gasteiger partial charge is 0.159 e. The Morgan fingerprint density at radius 2 is 1.33 bits per heavy atom. The van der Waals surface area contributed by atoms with Crippen molar-refractivity contribution in [3.05, 3.63) is 17.7 Å². The molecule has 1 unspecified atom stereocenters. The van der Waals surface area contributed by atoms with Gasteiger partial charge in [-0.3, -0.25) is 0 Å². The van der Waals surface area contributed by atoms with Crippen molar-refractivity contribution in [1.29, 1.82) is 0 Å². The van der Waals surface area contributed by atoms with Gasteiger partial charge in [0.15, 0.2) is 11.5 Å². The molecule has 154 valence electrons. The lowest BCUT2D eigenvalue weighted by Gasteiger charge is -2.23. The Morgan fingerprint density at radius 1 is 0.852 bits per heavy atom. The fraction of sp³-hybridized carbons (Fsp3) is 0.750. The Morgan fingerprint density at radius 3 is 1.85 bits per heavy atom. The summed E-state index contributed by atoms with van der Waals surface area (Å²) in [6.07, 6.45) is 18.0. The standard InChI is InChI=1S/C24H41NO2/c1-3-19(2)16-20-17-23(26)24(27)18-22(20)25-21-14-12-10-8-6-4-5-7-9-11-13-15-21/h17-19,21,25-27H,3-16H2,1-2H3. The minimum atomic E-state index is -0.0185. The molecule has 1 aliphatic rings. The van der Waals surface area contributed by atoms with Crippen LogP contribution in [0.2, 0.25) is 0 Å². The van der Waals surface area contributed by atoms with Gasteiger partial charge < -0.3 is 15.5 Å². The summed E-state index contributed by atoms with van der Waals surface area (Å²) in [6, 6.07) is 3.95. The predicted molar refractivity (Wildman–Crippen MR) is 116 cm³/mol. The number of anilines is 1. The molecule has 2 rings (SSSR count). The summed E-state index contributed by atoms with van der Waals surface area (Å²) in [5.41, 5.74) is 2.14. The molecule has 0 spiro atoms. The van der Waals surface area contributed by atoms with Gasteiger partial charge in [-0.25, -0.2) is 0 Å². The van der Waals surface area contributed by atoms with E-state index in [1.807, 2.05) is 0 Å². The summed E-state index contributed by atoms with van der Waals surface area (Å²) >= 11 is 0. The quantitative estimate of drug-likeness (QED) is 0.378. The minimum Gasteiger partial charge on any atom is -0.504 e. The van der Waals surface area contributed by atoms with Gasteiger partial charge in [0.1, 0.15) is 0 Å². The summed E-state index contributed by atoms with van der Waals surface area (Å²) in [5.74, 6) is 0.540. The molecule has 1 fully saturated rings. The molecule has 3 N–H and O–H groups in total. The number of hydrogen-bond donors (Lipinski definition) is 3. The number of nitrogens with one attached hydrogen (secondary N) is 1. The summed E-state index contributed by atoms with van der Waals surface area (Å²) in [6.45, 7) is 4.44. The summed E-state index contributed by atoms with van der Waals surface area (Å²) < 4.78 is 0. The summed E-state index contributed by atoms with van der Waals surface area (Å²) in [5, 5.41) is 23.8. The first kappa shape index (κ1) is 21.9. The second kappa shape index (κ2) is 12.2. The van der Waals surface area contributed by atoms with Crippen LogP contribution in [-0.2, 0) is 6.42 Å². The Labute approximate surface area is 166 Å². The van der Waals surface area contributed by atoms with Gasteiger partial charge in [0, 0.05) is 17.8 Å². The zero-order chi connectivity index (χ0) is 19.5. The lowest BCUT2D eigenvalue weighted by Crippen LogP contribution is -2.21. The number of rotatable bonds is 5. The third-order valence-corrected chi connectivity index (χ3v) is 6.18. The van der Waals surface area contributed by atoms with Crippen LogP contribution in [0.25, 0.3) is 0 Å². The van der Waals surface area contributed by atoms with Crippen LogP contribution in [0.1, 0.15) is 103 Å². The van der Waals surface area contributed by atoms with Crippen molar-refractivity contribution in [2.75, 3.05) is 5.32 Å². The Kier molecular flexibility index (Phi) is 9.86. The van der Waals surface area contributed by atoms with E-state index in [4.69, 9.17) is 0 Å². The molecule has 0 amide bonds. The maximum absolute atomic E-state index is 10.0. The molecule has 1 saturated carbocycles. The fourth-order valence-corrected chi connectivity index (χ4v) is 4.15. The van der Waals surface area contributed by atoms with E-state index in [2.05, 4.69) is 19.2 Å². The first-order chi connectivity index (χ1) is 13.1. The zero-order valence-electron chi connectivity index (χ0n) is 17.6. The number of phenolic OH excluding ortho intramolecular Hbond substituents is 2. The van der Waals surface area contributed by atoms with E-state index in [0.29, 0.717) is 12.0 Å². The van der Waals surface area contributed by atoms with E-state index in [0.717, 1.165) is 24.1 Å². The van der Waals surface area contributed by atoms with Gasteiger partial charge in [-0.1, -0.05) is 84.5 Å². The normalized spacial score (nSPS) is 19.5. The first-order valence-electron chi connectivity index (χ1n) is 11.4. The SMILES string of the molecule is CCC(C)Cc1cc(O)c(O)cc1NC1CCCCCCCCCCCC1. The Bertz CT molecular complexity index is 529. The molecule has 1 aliphatic carbocycles. The van der Waals surface area contributed by atoms with Crippen LogP contribution in [0.4, 0.5) is 5.69 Å². The number of benzene rings is 1.